The highest BCUT2D eigenvalue weighted by Crippen LogP contribution is 2.46. The normalized spacial score (nSPS) is 22.3. The maximum absolute atomic E-state index is 14.8. The lowest BCUT2D eigenvalue weighted by Crippen LogP contribution is -2.55. The average Bonchev–Trinajstić information content (AvgIpc) is 3.35. The Kier molecular flexibility index (Phi) is 10.2. The van der Waals surface area contributed by atoms with Gasteiger partial charge in [-0.3, -0.25) is 4.79 Å². The molecule has 2 unspecified atom stereocenters. The average molecular weight is 681 g/mol. The van der Waals surface area contributed by atoms with Crippen LogP contribution in [0.25, 0.3) is 0 Å². The first-order valence-corrected chi connectivity index (χ1v) is 17.8. The summed E-state index contributed by atoms with van der Waals surface area (Å²) in [6.07, 6.45) is 14.9. The number of imide groups is 1. The van der Waals surface area contributed by atoms with Gasteiger partial charge in [0.25, 0.3) is 5.91 Å². The standard InChI is InChI=1S/C36H43F3N6O2S/c1-23(25-17-19-40-31(21-25)42-27-9-5-3-6-10-27)35(24(2)26-18-20-41-32(22-26)43-28-11-7-4-8-12-28)33(46)45(34(47)44-35)29-13-15-30(16-14-29)48-36(37,38)39/h13-24,27-28H,3-12H2,1-2H3,(H,40,42)(H,41,43)(H,44,47). The molecule has 2 aromatic heterocycles. The Hall–Kier alpha value is -3.80. The number of rotatable bonds is 10. The molecule has 0 bridgehead atoms. The molecule has 0 spiro atoms. The van der Waals surface area contributed by atoms with Crippen LogP contribution in [0.1, 0.15) is 101 Å². The van der Waals surface area contributed by atoms with Crippen LogP contribution in [-0.2, 0) is 4.79 Å². The SMILES string of the molecule is CC(c1ccnc(NC2CCCCC2)c1)C1(C(C)c2ccnc(NC3CCCCC3)c2)NC(=O)N(c2ccc(SC(F)(F)F)cc2)C1=O. The highest BCUT2D eigenvalue weighted by Gasteiger charge is 2.58. The van der Waals surface area contributed by atoms with Crippen LogP contribution in [0.4, 0.5) is 35.3 Å². The van der Waals surface area contributed by atoms with Gasteiger partial charge in [-0.05, 0) is 97.1 Å². The highest BCUT2D eigenvalue weighted by molar-refractivity contribution is 8.00. The van der Waals surface area contributed by atoms with E-state index >= 15 is 0 Å². The zero-order valence-electron chi connectivity index (χ0n) is 27.4. The Morgan fingerprint density at radius 2 is 1.27 bits per heavy atom. The second-order valence-electron chi connectivity index (χ2n) is 13.3. The van der Waals surface area contributed by atoms with Crippen LogP contribution in [0.2, 0.25) is 0 Å². The molecule has 3 fully saturated rings. The van der Waals surface area contributed by atoms with E-state index in [9.17, 15) is 22.8 Å². The smallest absolute Gasteiger partial charge is 0.367 e. The Balaban J connectivity index is 1.35. The number of thioether (sulfide) groups is 1. The first-order chi connectivity index (χ1) is 23.0. The minimum atomic E-state index is -4.45. The summed E-state index contributed by atoms with van der Waals surface area (Å²) >= 11 is -0.243. The number of pyridine rings is 2. The van der Waals surface area contributed by atoms with E-state index in [0.29, 0.717) is 12.1 Å². The van der Waals surface area contributed by atoms with Crippen LogP contribution in [0.5, 0.6) is 0 Å². The molecule has 1 aliphatic heterocycles. The van der Waals surface area contributed by atoms with Crippen LogP contribution < -0.4 is 20.9 Å². The van der Waals surface area contributed by atoms with Crippen LogP contribution in [0.15, 0.2) is 65.8 Å². The van der Waals surface area contributed by atoms with Crippen molar-refractivity contribution in [1.29, 1.82) is 0 Å². The third-order valence-corrected chi connectivity index (χ3v) is 11.0. The number of carbonyl (C=O) groups is 2. The van der Waals surface area contributed by atoms with Crippen LogP contribution in [-0.4, -0.2) is 45.0 Å². The van der Waals surface area contributed by atoms with Gasteiger partial charge in [-0.25, -0.2) is 19.7 Å². The predicted molar refractivity (Wildman–Crippen MR) is 183 cm³/mol. The van der Waals surface area contributed by atoms with Gasteiger partial charge in [0.15, 0.2) is 0 Å². The van der Waals surface area contributed by atoms with E-state index in [2.05, 4.69) is 25.9 Å². The molecular formula is C36H43F3N6O2S. The quantitative estimate of drug-likeness (QED) is 0.145. The number of urea groups is 1. The van der Waals surface area contributed by atoms with Crippen LogP contribution >= 0.6 is 11.8 Å². The van der Waals surface area contributed by atoms with Crippen molar-refractivity contribution in [2.24, 2.45) is 0 Å². The Morgan fingerprint density at radius 3 is 1.73 bits per heavy atom. The number of halogens is 3. The van der Waals surface area contributed by atoms with E-state index in [1.54, 1.807) is 12.4 Å². The topological polar surface area (TPSA) is 99.2 Å². The number of nitrogens with one attached hydrogen (secondary N) is 3. The van der Waals surface area contributed by atoms with E-state index < -0.39 is 34.8 Å². The first-order valence-electron chi connectivity index (χ1n) is 17.0. The second-order valence-corrected chi connectivity index (χ2v) is 14.5. The Bertz CT molecular complexity index is 1520. The molecule has 3 aliphatic rings. The summed E-state index contributed by atoms with van der Waals surface area (Å²) in [5.41, 5.74) is -4.01. The largest absolute Gasteiger partial charge is 0.446 e. The molecule has 3 N–H and O–H groups in total. The Morgan fingerprint density at radius 1 is 0.792 bits per heavy atom. The minimum absolute atomic E-state index is 0.0316. The molecule has 3 aromatic rings. The van der Waals surface area contributed by atoms with Crippen molar-refractivity contribution in [2.45, 2.75) is 118 Å². The number of amides is 3. The molecule has 2 aliphatic carbocycles. The second kappa shape index (κ2) is 14.4. The summed E-state index contributed by atoms with van der Waals surface area (Å²) in [4.78, 5) is 38.8. The molecule has 3 heterocycles. The van der Waals surface area contributed by atoms with Gasteiger partial charge in [0.05, 0.1) is 5.69 Å². The fourth-order valence-electron chi connectivity index (χ4n) is 7.59. The van der Waals surface area contributed by atoms with Crippen molar-refractivity contribution < 1.29 is 22.8 Å². The van der Waals surface area contributed by atoms with E-state index in [-0.39, 0.29) is 22.3 Å². The minimum Gasteiger partial charge on any atom is -0.367 e. The molecule has 0 radical (unpaired) electrons. The molecule has 256 valence electrons. The summed E-state index contributed by atoms with van der Waals surface area (Å²) in [7, 11) is 0. The number of benzene rings is 1. The van der Waals surface area contributed by atoms with Gasteiger partial charge in [-0.15, -0.1) is 0 Å². The molecule has 48 heavy (non-hydrogen) atoms. The zero-order chi connectivity index (χ0) is 33.9. The number of carbonyl (C=O) groups excluding carboxylic acids is 2. The van der Waals surface area contributed by atoms with Gasteiger partial charge < -0.3 is 16.0 Å². The maximum atomic E-state index is 14.8. The zero-order valence-corrected chi connectivity index (χ0v) is 28.2. The van der Waals surface area contributed by atoms with Crippen molar-refractivity contribution in [1.82, 2.24) is 15.3 Å². The lowest BCUT2D eigenvalue weighted by atomic mass is 9.70. The highest BCUT2D eigenvalue weighted by atomic mass is 32.2. The van der Waals surface area contributed by atoms with E-state index in [1.807, 2.05) is 38.1 Å². The van der Waals surface area contributed by atoms with Gasteiger partial charge >= 0.3 is 11.5 Å². The van der Waals surface area contributed by atoms with E-state index in [0.717, 1.165) is 53.3 Å². The molecule has 12 heteroatoms. The maximum Gasteiger partial charge on any atom is 0.446 e. The fraction of sp³-hybridized carbons (Fsp3) is 0.500. The van der Waals surface area contributed by atoms with Gasteiger partial charge in [-0.1, -0.05) is 52.4 Å². The summed E-state index contributed by atoms with van der Waals surface area (Å²) in [6, 6.07) is 13.0. The summed E-state index contributed by atoms with van der Waals surface area (Å²) < 4.78 is 39.0. The van der Waals surface area contributed by atoms with Gasteiger partial charge in [-0.2, -0.15) is 13.2 Å². The molecule has 2 saturated carbocycles. The first kappa shape index (κ1) is 34.1. The fourth-order valence-corrected chi connectivity index (χ4v) is 8.12. The predicted octanol–water partition coefficient (Wildman–Crippen LogP) is 8.98. The van der Waals surface area contributed by atoms with Gasteiger partial charge in [0.1, 0.15) is 17.2 Å². The molecule has 2 atom stereocenters. The molecular weight excluding hydrogens is 637 g/mol. The molecule has 8 nitrogen and oxygen atoms in total. The van der Waals surface area contributed by atoms with Crippen molar-refractivity contribution in [3.63, 3.8) is 0 Å². The summed E-state index contributed by atoms with van der Waals surface area (Å²) in [6.45, 7) is 3.87. The third kappa shape index (κ3) is 7.43. The van der Waals surface area contributed by atoms with Crippen molar-refractivity contribution >= 4 is 41.0 Å². The lowest BCUT2D eigenvalue weighted by Gasteiger charge is -2.39. The molecule has 1 aromatic carbocycles. The van der Waals surface area contributed by atoms with E-state index in [4.69, 9.17) is 0 Å². The Labute approximate surface area is 284 Å². The molecule has 1 saturated heterocycles. The number of nitrogens with zero attached hydrogens (tertiary/aromatic N) is 3. The monoisotopic (exact) mass is 680 g/mol. The van der Waals surface area contributed by atoms with Crippen molar-refractivity contribution in [2.75, 3.05) is 15.5 Å². The number of hydrogen-bond acceptors (Lipinski definition) is 7. The van der Waals surface area contributed by atoms with Gasteiger partial charge in [0.2, 0.25) is 0 Å². The molecule has 6 rings (SSSR count). The molecule has 3 amide bonds. The van der Waals surface area contributed by atoms with E-state index in [1.165, 1.54) is 62.8 Å². The number of aromatic nitrogens is 2. The summed E-state index contributed by atoms with van der Waals surface area (Å²) in [5, 5.41) is 10.2. The number of anilines is 3. The third-order valence-electron chi connectivity index (χ3n) is 10.3. The lowest BCUT2D eigenvalue weighted by molar-refractivity contribution is -0.123. The number of alkyl halides is 3. The van der Waals surface area contributed by atoms with Crippen molar-refractivity contribution in [3.8, 4) is 0 Å². The summed E-state index contributed by atoms with van der Waals surface area (Å²) in [5.74, 6) is -0.0359. The van der Waals surface area contributed by atoms with Crippen LogP contribution in [0, 0.1) is 0 Å². The number of hydrogen-bond donors (Lipinski definition) is 3. The van der Waals surface area contributed by atoms with Crippen LogP contribution in [0.3, 0.4) is 0 Å². The van der Waals surface area contributed by atoms with Gasteiger partial charge in [0, 0.05) is 41.2 Å². The van der Waals surface area contributed by atoms with Crippen molar-refractivity contribution in [3.05, 3.63) is 72.1 Å².